The first kappa shape index (κ1) is 16.6. The Balaban J connectivity index is 1.66. The second kappa shape index (κ2) is 7.10. The van der Waals surface area contributed by atoms with Gasteiger partial charge in [-0.25, -0.2) is 14.1 Å². The van der Waals surface area contributed by atoms with E-state index in [9.17, 15) is 9.65 Å². The number of benzene rings is 1. The Morgan fingerprint density at radius 3 is 2.92 bits per heavy atom. The van der Waals surface area contributed by atoms with Crippen LogP contribution in [0.4, 0.5) is 4.39 Å². The van der Waals surface area contributed by atoms with Gasteiger partial charge in [0.05, 0.1) is 11.6 Å². The highest BCUT2D eigenvalue weighted by Gasteiger charge is 2.22. The zero-order valence-corrected chi connectivity index (χ0v) is 14.2. The van der Waals surface area contributed by atoms with E-state index in [1.807, 2.05) is 18.5 Å². The van der Waals surface area contributed by atoms with Crippen molar-refractivity contribution in [3.05, 3.63) is 46.8 Å². The van der Waals surface area contributed by atoms with E-state index >= 15 is 0 Å². The molecule has 5 nitrogen and oxygen atoms in total. The van der Waals surface area contributed by atoms with Gasteiger partial charge >= 0.3 is 0 Å². The fourth-order valence-corrected chi connectivity index (χ4v) is 3.45. The van der Waals surface area contributed by atoms with Crippen LogP contribution in [0.3, 0.4) is 0 Å². The van der Waals surface area contributed by atoms with Gasteiger partial charge in [0.1, 0.15) is 17.5 Å². The molecule has 0 N–H and O–H groups in total. The lowest BCUT2D eigenvalue weighted by Crippen LogP contribution is -2.37. The van der Waals surface area contributed by atoms with E-state index in [0.29, 0.717) is 18.0 Å². The van der Waals surface area contributed by atoms with E-state index in [2.05, 4.69) is 21.1 Å². The average Bonchev–Trinajstić information content (AvgIpc) is 2.87. The molecule has 24 heavy (non-hydrogen) atoms. The first-order valence-corrected chi connectivity index (χ1v) is 8.34. The maximum Gasteiger partial charge on any atom is 0.147 e. The number of nitriles is 1. The van der Waals surface area contributed by atoms with Crippen LogP contribution in [0.25, 0.3) is 0 Å². The molecule has 1 saturated heterocycles. The Morgan fingerprint density at radius 1 is 1.38 bits per heavy atom. The van der Waals surface area contributed by atoms with Crippen LogP contribution in [0.2, 0.25) is 0 Å². The number of aromatic nitrogens is 3. The average molecular weight is 327 g/mol. The summed E-state index contributed by atoms with van der Waals surface area (Å²) in [5.74, 6) is 1.92. The molecule has 0 bridgehead atoms. The predicted octanol–water partition coefficient (Wildman–Crippen LogP) is 2.82. The second-order valence-corrected chi connectivity index (χ2v) is 6.54. The van der Waals surface area contributed by atoms with Crippen molar-refractivity contribution in [3.63, 3.8) is 0 Å². The van der Waals surface area contributed by atoms with Crippen molar-refractivity contribution in [1.29, 1.82) is 5.26 Å². The molecule has 6 heteroatoms. The molecule has 0 radical (unpaired) electrons. The van der Waals surface area contributed by atoms with Gasteiger partial charge in [-0.1, -0.05) is 6.07 Å². The van der Waals surface area contributed by atoms with Crippen molar-refractivity contribution < 1.29 is 4.39 Å². The first-order chi connectivity index (χ1) is 11.5. The Bertz CT molecular complexity index is 761. The molecule has 0 saturated carbocycles. The van der Waals surface area contributed by atoms with E-state index in [0.717, 1.165) is 43.3 Å². The number of piperidine rings is 1. The number of aryl methyl sites for hydroxylation is 2. The third-order valence-electron chi connectivity index (χ3n) is 4.58. The van der Waals surface area contributed by atoms with Crippen LogP contribution in [0, 0.1) is 36.9 Å². The van der Waals surface area contributed by atoms with Gasteiger partial charge < -0.3 is 0 Å². The van der Waals surface area contributed by atoms with E-state index in [1.165, 1.54) is 18.6 Å². The van der Waals surface area contributed by atoms with Crippen LogP contribution in [0.1, 0.15) is 35.6 Å². The summed E-state index contributed by atoms with van der Waals surface area (Å²) in [6, 6.07) is 6.57. The molecule has 1 aromatic carbocycles. The van der Waals surface area contributed by atoms with Gasteiger partial charge in [0.15, 0.2) is 0 Å². The zero-order chi connectivity index (χ0) is 17.1. The number of likely N-dealkylation sites (tertiary alicyclic amines) is 1. The summed E-state index contributed by atoms with van der Waals surface area (Å²) in [5.41, 5.74) is 1.33. The van der Waals surface area contributed by atoms with Crippen molar-refractivity contribution in [2.75, 3.05) is 13.1 Å². The molecule has 1 atom stereocenters. The van der Waals surface area contributed by atoms with Crippen LogP contribution in [0.5, 0.6) is 0 Å². The molecular weight excluding hydrogens is 305 g/mol. The molecule has 3 rings (SSSR count). The summed E-state index contributed by atoms with van der Waals surface area (Å²) in [6.07, 6.45) is 2.30. The lowest BCUT2D eigenvalue weighted by molar-refractivity contribution is 0.152. The zero-order valence-electron chi connectivity index (χ0n) is 14.2. The van der Waals surface area contributed by atoms with E-state index in [4.69, 9.17) is 0 Å². The topological polar surface area (TPSA) is 57.7 Å². The van der Waals surface area contributed by atoms with E-state index < -0.39 is 0 Å². The van der Waals surface area contributed by atoms with Crippen LogP contribution in [-0.2, 0) is 13.1 Å². The fraction of sp³-hybridized carbons (Fsp3) is 0.500. The molecule has 1 aliphatic heterocycles. The lowest BCUT2D eigenvalue weighted by atomic mass is 9.97. The van der Waals surface area contributed by atoms with Crippen molar-refractivity contribution in [2.24, 2.45) is 5.92 Å². The van der Waals surface area contributed by atoms with Gasteiger partial charge in [-0.05, 0) is 56.8 Å². The minimum absolute atomic E-state index is 0.358. The maximum absolute atomic E-state index is 13.3. The molecule has 0 aliphatic carbocycles. The van der Waals surface area contributed by atoms with Crippen molar-refractivity contribution in [3.8, 4) is 6.07 Å². The first-order valence-electron chi connectivity index (χ1n) is 8.34. The predicted molar refractivity (Wildman–Crippen MR) is 88.6 cm³/mol. The van der Waals surface area contributed by atoms with Crippen molar-refractivity contribution >= 4 is 0 Å². The molecule has 126 valence electrons. The van der Waals surface area contributed by atoms with Gasteiger partial charge in [-0.15, -0.1) is 0 Å². The number of halogens is 1. The monoisotopic (exact) mass is 327 g/mol. The normalized spacial score (nSPS) is 18.5. The Labute approximate surface area is 141 Å². The molecule has 1 aliphatic rings. The van der Waals surface area contributed by atoms with Gasteiger partial charge in [0.25, 0.3) is 0 Å². The van der Waals surface area contributed by atoms with Crippen LogP contribution < -0.4 is 0 Å². The minimum atomic E-state index is -0.358. The van der Waals surface area contributed by atoms with Crippen molar-refractivity contribution in [1.82, 2.24) is 19.7 Å². The van der Waals surface area contributed by atoms with E-state index in [-0.39, 0.29) is 5.82 Å². The van der Waals surface area contributed by atoms with Gasteiger partial charge in [-0.3, -0.25) is 4.90 Å². The lowest BCUT2D eigenvalue weighted by Gasteiger charge is -2.33. The third-order valence-corrected chi connectivity index (χ3v) is 4.58. The molecular formula is C18H22FN5. The van der Waals surface area contributed by atoms with Crippen LogP contribution in [-0.4, -0.2) is 32.8 Å². The molecule has 1 fully saturated rings. The van der Waals surface area contributed by atoms with Gasteiger partial charge in [0, 0.05) is 19.6 Å². The molecule has 1 aromatic heterocycles. The minimum Gasteiger partial charge on any atom is -0.299 e. The summed E-state index contributed by atoms with van der Waals surface area (Å²) in [7, 11) is 0. The standard InChI is InChI=1S/C18H22FN5/c1-13-21-14(2)24(22-13)11-15-4-3-7-23(10-15)12-16-5-6-18(19)8-17(16)9-20/h5-6,8,15H,3-4,7,10-12H2,1-2H3/t15-/m0/s1. The number of hydrogen-bond donors (Lipinski definition) is 0. The quantitative estimate of drug-likeness (QED) is 0.866. The van der Waals surface area contributed by atoms with Crippen LogP contribution >= 0.6 is 0 Å². The van der Waals surface area contributed by atoms with Crippen LogP contribution in [0.15, 0.2) is 18.2 Å². The molecule has 2 heterocycles. The summed E-state index contributed by atoms with van der Waals surface area (Å²) < 4.78 is 15.3. The molecule has 2 aromatic rings. The molecule has 0 unspecified atom stereocenters. The fourth-order valence-electron chi connectivity index (χ4n) is 3.45. The number of rotatable bonds is 4. The Hall–Kier alpha value is -2.26. The second-order valence-electron chi connectivity index (χ2n) is 6.54. The number of nitrogens with zero attached hydrogens (tertiary/aromatic N) is 5. The van der Waals surface area contributed by atoms with Gasteiger partial charge in [0.2, 0.25) is 0 Å². The largest absolute Gasteiger partial charge is 0.299 e. The summed E-state index contributed by atoms with van der Waals surface area (Å²) >= 11 is 0. The Morgan fingerprint density at radius 2 is 2.21 bits per heavy atom. The summed E-state index contributed by atoms with van der Waals surface area (Å²) in [6.45, 7) is 7.42. The Kier molecular flexibility index (Phi) is 4.91. The SMILES string of the molecule is Cc1nc(C)n(C[C@H]2CCCN(Cc3ccc(F)cc3C#N)C2)n1. The van der Waals surface area contributed by atoms with E-state index in [1.54, 1.807) is 6.07 Å². The molecule has 0 spiro atoms. The third kappa shape index (κ3) is 3.80. The number of hydrogen-bond acceptors (Lipinski definition) is 4. The summed E-state index contributed by atoms with van der Waals surface area (Å²) in [4.78, 5) is 6.71. The van der Waals surface area contributed by atoms with Crippen molar-refractivity contribution in [2.45, 2.75) is 39.8 Å². The van der Waals surface area contributed by atoms with Gasteiger partial charge in [-0.2, -0.15) is 10.4 Å². The highest BCUT2D eigenvalue weighted by molar-refractivity contribution is 5.37. The smallest absolute Gasteiger partial charge is 0.147 e. The highest BCUT2D eigenvalue weighted by atomic mass is 19.1. The summed E-state index contributed by atoms with van der Waals surface area (Å²) in [5, 5.41) is 13.7. The molecule has 0 amide bonds. The maximum atomic E-state index is 13.3. The highest BCUT2D eigenvalue weighted by Crippen LogP contribution is 2.22.